The van der Waals surface area contributed by atoms with Crippen molar-refractivity contribution in [2.24, 2.45) is 11.3 Å². The number of nitrogens with one attached hydrogen (secondary N) is 1. The lowest BCUT2D eigenvalue weighted by Crippen LogP contribution is -2.65. The zero-order chi connectivity index (χ0) is 14.8. The van der Waals surface area contributed by atoms with Crippen molar-refractivity contribution in [1.82, 2.24) is 10.2 Å². The first kappa shape index (κ1) is 16.0. The second kappa shape index (κ2) is 5.93. The van der Waals surface area contributed by atoms with Gasteiger partial charge in [-0.25, -0.2) is 0 Å². The summed E-state index contributed by atoms with van der Waals surface area (Å²) >= 11 is 0. The molecule has 110 valence electrons. The van der Waals surface area contributed by atoms with E-state index in [-0.39, 0.29) is 35.2 Å². The fourth-order valence-electron chi connectivity index (χ4n) is 2.26. The Morgan fingerprint density at radius 3 is 2.37 bits per heavy atom. The number of rotatable bonds is 5. The Labute approximate surface area is 116 Å². The number of piperazine rings is 1. The van der Waals surface area contributed by atoms with Gasteiger partial charge in [-0.05, 0) is 24.7 Å². The van der Waals surface area contributed by atoms with E-state index in [2.05, 4.69) is 26.1 Å². The quantitative estimate of drug-likeness (QED) is 0.831. The normalized spacial score (nSPS) is 26.3. The maximum atomic E-state index is 12.6. The predicted octanol–water partition coefficient (Wildman–Crippen LogP) is 2.18. The van der Waals surface area contributed by atoms with Crippen LogP contribution in [0, 0.1) is 11.3 Å². The molecule has 0 radical (unpaired) electrons. The number of hydrogen-bond acceptors (Lipinski definition) is 2. The number of carbonyl (C=O) groups is 2. The second-order valence-electron chi connectivity index (χ2n) is 6.53. The van der Waals surface area contributed by atoms with Gasteiger partial charge >= 0.3 is 0 Å². The Morgan fingerprint density at radius 1 is 1.32 bits per heavy atom. The predicted molar refractivity (Wildman–Crippen MR) is 76.6 cm³/mol. The Kier molecular flexibility index (Phi) is 4.99. The van der Waals surface area contributed by atoms with Gasteiger partial charge in [0, 0.05) is 6.54 Å². The lowest BCUT2D eigenvalue weighted by molar-refractivity contribution is -0.151. The van der Waals surface area contributed by atoms with Crippen molar-refractivity contribution in [3.05, 3.63) is 0 Å². The summed E-state index contributed by atoms with van der Waals surface area (Å²) in [6, 6.07) is -0.722. The Bertz CT molecular complexity index is 352. The first-order valence-electron chi connectivity index (χ1n) is 7.34. The minimum absolute atomic E-state index is 0.0307. The van der Waals surface area contributed by atoms with Gasteiger partial charge in [0.2, 0.25) is 11.8 Å². The van der Waals surface area contributed by atoms with Crippen LogP contribution in [-0.2, 0) is 9.59 Å². The smallest absolute Gasteiger partial charge is 0.246 e. The first-order chi connectivity index (χ1) is 8.73. The Hall–Kier alpha value is -1.06. The highest BCUT2D eigenvalue weighted by Gasteiger charge is 2.41. The minimum atomic E-state index is -0.362. The number of amides is 2. The molecule has 3 unspecified atom stereocenters. The number of nitrogens with zero attached hydrogens (tertiary/aromatic N) is 1. The largest absolute Gasteiger partial charge is 0.342 e. The highest BCUT2D eigenvalue weighted by Crippen LogP contribution is 2.26. The molecule has 0 spiro atoms. The van der Waals surface area contributed by atoms with Crippen LogP contribution >= 0.6 is 0 Å². The maximum Gasteiger partial charge on any atom is 0.246 e. The van der Waals surface area contributed by atoms with E-state index < -0.39 is 0 Å². The second-order valence-corrected chi connectivity index (χ2v) is 6.53. The molecule has 1 N–H and O–H groups in total. The van der Waals surface area contributed by atoms with Gasteiger partial charge in [-0.1, -0.05) is 41.0 Å². The average Bonchev–Trinajstić information content (AvgIpc) is 2.38. The van der Waals surface area contributed by atoms with Crippen molar-refractivity contribution in [1.29, 1.82) is 0 Å². The van der Waals surface area contributed by atoms with Crippen LogP contribution in [0.3, 0.4) is 0 Å². The summed E-state index contributed by atoms with van der Waals surface area (Å²) < 4.78 is 0. The van der Waals surface area contributed by atoms with E-state index in [9.17, 15) is 9.59 Å². The molecule has 1 heterocycles. The molecule has 0 aliphatic carbocycles. The zero-order valence-electron chi connectivity index (χ0n) is 13.1. The SMILES string of the molecule is CCC(C)C1NC(=O)C(C)N(CC(C)(C)CC)C1=O. The van der Waals surface area contributed by atoms with Gasteiger partial charge in [-0.2, -0.15) is 0 Å². The molecule has 0 saturated carbocycles. The highest BCUT2D eigenvalue weighted by molar-refractivity contribution is 5.96. The van der Waals surface area contributed by atoms with Crippen molar-refractivity contribution >= 4 is 11.8 Å². The topological polar surface area (TPSA) is 49.4 Å². The number of carbonyl (C=O) groups excluding carboxylic acids is 2. The molecule has 2 amide bonds. The maximum absolute atomic E-state index is 12.6. The summed E-state index contributed by atoms with van der Waals surface area (Å²) in [5.74, 6) is 0.218. The minimum Gasteiger partial charge on any atom is -0.342 e. The van der Waals surface area contributed by atoms with E-state index in [0.717, 1.165) is 12.8 Å². The highest BCUT2D eigenvalue weighted by atomic mass is 16.2. The van der Waals surface area contributed by atoms with E-state index in [1.54, 1.807) is 4.90 Å². The molecule has 0 aromatic heterocycles. The molecule has 1 fully saturated rings. The van der Waals surface area contributed by atoms with E-state index >= 15 is 0 Å². The molecule has 1 aliphatic rings. The summed E-state index contributed by atoms with van der Waals surface area (Å²) in [6.07, 6.45) is 1.87. The lowest BCUT2D eigenvalue weighted by Gasteiger charge is -2.42. The van der Waals surface area contributed by atoms with Gasteiger partial charge in [0.15, 0.2) is 0 Å². The number of hydrogen-bond donors (Lipinski definition) is 1. The lowest BCUT2D eigenvalue weighted by atomic mass is 9.87. The van der Waals surface area contributed by atoms with Crippen molar-refractivity contribution in [2.45, 2.75) is 66.5 Å². The molecule has 0 aromatic rings. The summed E-state index contributed by atoms with van der Waals surface area (Å²) in [5.41, 5.74) is 0.0432. The molecule has 0 aromatic carbocycles. The third-order valence-corrected chi connectivity index (χ3v) is 4.46. The van der Waals surface area contributed by atoms with E-state index in [1.165, 1.54) is 0 Å². The van der Waals surface area contributed by atoms with Gasteiger partial charge in [0.25, 0.3) is 0 Å². The van der Waals surface area contributed by atoms with Crippen LogP contribution in [0.1, 0.15) is 54.4 Å². The van der Waals surface area contributed by atoms with Crippen LogP contribution in [0.2, 0.25) is 0 Å². The fourth-order valence-corrected chi connectivity index (χ4v) is 2.26. The van der Waals surface area contributed by atoms with Crippen molar-refractivity contribution in [3.63, 3.8) is 0 Å². The molecule has 4 heteroatoms. The van der Waals surface area contributed by atoms with Crippen LogP contribution in [-0.4, -0.2) is 35.3 Å². The van der Waals surface area contributed by atoms with E-state index in [0.29, 0.717) is 6.54 Å². The summed E-state index contributed by atoms with van der Waals surface area (Å²) in [4.78, 5) is 26.4. The molecule has 1 rings (SSSR count). The Balaban J connectivity index is 2.93. The van der Waals surface area contributed by atoms with Gasteiger partial charge in [-0.15, -0.1) is 0 Å². The summed E-state index contributed by atoms with van der Waals surface area (Å²) in [5, 5.41) is 2.87. The molecule has 1 aliphatic heterocycles. The van der Waals surface area contributed by atoms with Gasteiger partial charge in [0.1, 0.15) is 12.1 Å². The third kappa shape index (κ3) is 3.48. The van der Waals surface area contributed by atoms with E-state index in [4.69, 9.17) is 0 Å². The Morgan fingerprint density at radius 2 is 1.89 bits per heavy atom. The van der Waals surface area contributed by atoms with E-state index in [1.807, 2.05) is 20.8 Å². The van der Waals surface area contributed by atoms with Crippen molar-refractivity contribution in [3.8, 4) is 0 Å². The fraction of sp³-hybridized carbons (Fsp3) is 0.867. The first-order valence-corrected chi connectivity index (χ1v) is 7.34. The third-order valence-electron chi connectivity index (χ3n) is 4.46. The van der Waals surface area contributed by atoms with Gasteiger partial charge in [0.05, 0.1) is 0 Å². The van der Waals surface area contributed by atoms with Gasteiger partial charge < -0.3 is 10.2 Å². The van der Waals surface area contributed by atoms with Crippen molar-refractivity contribution < 1.29 is 9.59 Å². The summed E-state index contributed by atoms with van der Waals surface area (Å²) in [6.45, 7) is 12.9. The van der Waals surface area contributed by atoms with Crippen LogP contribution in [0.5, 0.6) is 0 Å². The molecule has 0 bridgehead atoms. The van der Waals surface area contributed by atoms with Crippen LogP contribution in [0.15, 0.2) is 0 Å². The molecule has 1 saturated heterocycles. The van der Waals surface area contributed by atoms with Crippen molar-refractivity contribution in [2.75, 3.05) is 6.54 Å². The summed E-state index contributed by atoms with van der Waals surface area (Å²) in [7, 11) is 0. The molecule has 19 heavy (non-hydrogen) atoms. The van der Waals surface area contributed by atoms with Crippen LogP contribution < -0.4 is 5.32 Å². The van der Waals surface area contributed by atoms with Crippen LogP contribution in [0.25, 0.3) is 0 Å². The standard InChI is InChI=1S/C15H28N2O2/c1-7-10(3)12-14(19)17(9-15(5,6)8-2)11(4)13(18)16-12/h10-12H,7-9H2,1-6H3,(H,16,18). The average molecular weight is 268 g/mol. The van der Waals surface area contributed by atoms with Gasteiger partial charge in [-0.3, -0.25) is 9.59 Å². The molecule has 3 atom stereocenters. The zero-order valence-corrected chi connectivity index (χ0v) is 13.1. The molecule has 4 nitrogen and oxygen atoms in total. The molecular weight excluding hydrogens is 240 g/mol. The van der Waals surface area contributed by atoms with Crippen LogP contribution in [0.4, 0.5) is 0 Å². The molecular formula is C15H28N2O2. The monoisotopic (exact) mass is 268 g/mol.